The maximum atomic E-state index is 12.6. The molecule has 0 saturated carbocycles. The molecule has 2 rings (SSSR count). The highest BCUT2D eigenvalue weighted by molar-refractivity contribution is 7.89. The molecule has 0 unspecified atom stereocenters. The van der Waals surface area contributed by atoms with E-state index in [2.05, 4.69) is 4.72 Å². The van der Waals surface area contributed by atoms with Crippen LogP contribution in [0, 0.1) is 0 Å². The maximum Gasteiger partial charge on any atom is 0.254 e. The molecule has 8 heteroatoms. The van der Waals surface area contributed by atoms with E-state index in [0.717, 1.165) is 6.42 Å². The Labute approximate surface area is 135 Å². The van der Waals surface area contributed by atoms with E-state index in [4.69, 9.17) is 16.3 Å². The molecule has 1 N–H and O–H groups in total. The number of carbonyl (C=O) groups is 1. The van der Waals surface area contributed by atoms with Gasteiger partial charge in [0.15, 0.2) is 0 Å². The zero-order chi connectivity index (χ0) is 16.3. The molecular weight excluding hydrogens is 328 g/mol. The first kappa shape index (κ1) is 17.2. The molecule has 1 aliphatic rings. The van der Waals surface area contributed by atoms with Crippen molar-refractivity contribution in [3.63, 3.8) is 0 Å². The number of nitrogens with one attached hydrogen (secondary N) is 1. The molecule has 1 aliphatic heterocycles. The number of sulfonamides is 1. The minimum atomic E-state index is -3.71. The third-order valence-electron chi connectivity index (χ3n) is 3.62. The van der Waals surface area contributed by atoms with Gasteiger partial charge in [-0.1, -0.05) is 18.5 Å². The summed E-state index contributed by atoms with van der Waals surface area (Å²) in [4.78, 5) is 14.1. The minimum Gasteiger partial charge on any atom is -0.375 e. The third-order valence-corrected chi connectivity index (χ3v) is 5.51. The lowest BCUT2D eigenvalue weighted by atomic mass is 10.1. The average molecular weight is 347 g/mol. The van der Waals surface area contributed by atoms with Gasteiger partial charge in [-0.15, -0.1) is 0 Å². The van der Waals surface area contributed by atoms with E-state index in [0.29, 0.717) is 25.3 Å². The SMILES string of the molecule is CC[C@@H]1CN(C(=O)c2ccc(Cl)c(S(=O)(=O)NC)c2)CCO1. The van der Waals surface area contributed by atoms with Crippen LogP contribution in [-0.2, 0) is 14.8 Å². The second-order valence-electron chi connectivity index (χ2n) is 5.00. The number of benzene rings is 1. The molecule has 0 aliphatic carbocycles. The smallest absolute Gasteiger partial charge is 0.254 e. The van der Waals surface area contributed by atoms with Crippen molar-refractivity contribution in [1.82, 2.24) is 9.62 Å². The summed E-state index contributed by atoms with van der Waals surface area (Å²) in [6.07, 6.45) is 0.842. The number of hydrogen-bond acceptors (Lipinski definition) is 4. The predicted molar refractivity (Wildman–Crippen MR) is 83.6 cm³/mol. The first-order valence-electron chi connectivity index (χ1n) is 7.03. The molecule has 1 aromatic rings. The van der Waals surface area contributed by atoms with Crippen molar-refractivity contribution in [2.45, 2.75) is 24.3 Å². The van der Waals surface area contributed by atoms with Crippen LogP contribution in [0.25, 0.3) is 0 Å². The van der Waals surface area contributed by atoms with Gasteiger partial charge in [-0.05, 0) is 31.7 Å². The van der Waals surface area contributed by atoms with Gasteiger partial charge < -0.3 is 9.64 Å². The van der Waals surface area contributed by atoms with Gasteiger partial charge in [0.1, 0.15) is 4.90 Å². The number of halogens is 1. The van der Waals surface area contributed by atoms with E-state index in [1.807, 2.05) is 6.92 Å². The van der Waals surface area contributed by atoms with E-state index in [-0.39, 0.29) is 21.9 Å². The highest BCUT2D eigenvalue weighted by atomic mass is 35.5. The van der Waals surface area contributed by atoms with Crippen molar-refractivity contribution in [1.29, 1.82) is 0 Å². The largest absolute Gasteiger partial charge is 0.375 e. The molecule has 1 atom stereocenters. The molecule has 1 amide bonds. The predicted octanol–water partition coefficient (Wildman–Crippen LogP) is 1.50. The molecule has 6 nitrogen and oxygen atoms in total. The monoisotopic (exact) mass is 346 g/mol. The van der Waals surface area contributed by atoms with Crippen LogP contribution in [0.5, 0.6) is 0 Å². The van der Waals surface area contributed by atoms with Crippen LogP contribution < -0.4 is 4.72 Å². The van der Waals surface area contributed by atoms with Crippen LogP contribution in [0.4, 0.5) is 0 Å². The molecule has 1 heterocycles. The topological polar surface area (TPSA) is 75.7 Å². The average Bonchev–Trinajstić information content (AvgIpc) is 2.54. The third kappa shape index (κ3) is 3.60. The van der Waals surface area contributed by atoms with Crippen LogP contribution in [0.15, 0.2) is 23.1 Å². The Kier molecular flexibility index (Phi) is 5.44. The Morgan fingerprint density at radius 1 is 1.50 bits per heavy atom. The number of rotatable bonds is 4. The normalized spacial score (nSPS) is 19.2. The van der Waals surface area contributed by atoms with Gasteiger partial charge in [-0.25, -0.2) is 13.1 Å². The first-order valence-corrected chi connectivity index (χ1v) is 8.89. The molecule has 0 radical (unpaired) electrons. The zero-order valence-corrected chi connectivity index (χ0v) is 14.1. The van der Waals surface area contributed by atoms with Crippen LogP contribution in [-0.4, -0.2) is 52.1 Å². The van der Waals surface area contributed by atoms with Gasteiger partial charge in [-0.3, -0.25) is 4.79 Å². The van der Waals surface area contributed by atoms with Crippen LogP contribution in [0.2, 0.25) is 5.02 Å². The summed E-state index contributed by atoms with van der Waals surface area (Å²) >= 11 is 5.93. The van der Waals surface area contributed by atoms with E-state index in [9.17, 15) is 13.2 Å². The Hall–Kier alpha value is -1.15. The summed E-state index contributed by atoms with van der Waals surface area (Å²) < 4.78 is 31.6. The highest BCUT2D eigenvalue weighted by Gasteiger charge is 2.25. The van der Waals surface area contributed by atoms with E-state index < -0.39 is 10.0 Å². The Morgan fingerprint density at radius 3 is 2.86 bits per heavy atom. The van der Waals surface area contributed by atoms with Crippen LogP contribution in [0.1, 0.15) is 23.7 Å². The fraction of sp³-hybridized carbons (Fsp3) is 0.500. The fourth-order valence-corrected chi connectivity index (χ4v) is 3.53. The summed E-state index contributed by atoms with van der Waals surface area (Å²) in [7, 11) is -2.41. The molecule has 1 saturated heterocycles. The highest BCUT2D eigenvalue weighted by Crippen LogP contribution is 2.23. The molecule has 122 valence electrons. The van der Waals surface area contributed by atoms with Gasteiger partial charge in [0, 0.05) is 18.7 Å². The van der Waals surface area contributed by atoms with Crippen molar-refractivity contribution in [3.8, 4) is 0 Å². The van der Waals surface area contributed by atoms with Gasteiger partial charge >= 0.3 is 0 Å². The Balaban J connectivity index is 2.29. The van der Waals surface area contributed by atoms with E-state index in [1.165, 1.54) is 25.2 Å². The number of amides is 1. The molecule has 0 aromatic heterocycles. The van der Waals surface area contributed by atoms with Crippen molar-refractivity contribution >= 4 is 27.5 Å². The molecule has 0 bridgehead atoms. The lowest BCUT2D eigenvalue weighted by Gasteiger charge is -2.32. The summed E-state index contributed by atoms with van der Waals surface area (Å²) in [6, 6.07) is 4.28. The number of ether oxygens (including phenoxy) is 1. The zero-order valence-electron chi connectivity index (χ0n) is 12.5. The summed E-state index contributed by atoms with van der Waals surface area (Å²) in [6.45, 7) is 3.48. The van der Waals surface area contributed by atoms with E-state index in [1.54, 1.807) is 4.90 Å². The number of nitrogens with zero attached hydrogens (tertiary/aromatic N) is 1. The second kappa shape index (κ2) is 6.95. The molecule has 1 aromatic carbocycles. The summed E-state index contributed by atoms with van der Waals surface area (Å²) in [5.74, 6) is -0.217. The molecule has 22 heavy (non-hydrogen) atoms. The van der Waals surface area contributed by atoms with Gasteiger partial charge in [0.2, 0.25) is 10.0 Å². The van der Waals surface area contributed by atoms with Gasteiger partial charge in [-0.2, -0.15) is 0 Å². The number of morpholine rings is 1. The quantitative estimate of drug-likeness (QED) is 0.896. The first-order chi connectivity index (χ1) is 10.4. The second-order valence-corrected chi connectivity index (χ2v) is 7.27. The summed E-state index contributed by atoms with van der Waals surface area (Å²) in [5.41, 5.74) is 0.301. The van der Waals surface area contributed by atoms with E-state index >= 15 is 0 Å². The lowest BCUT2D eigenvalue weighted by Crippen LogP contribution is -2.45. The number of carbonyl (C=O) groups excluding carboxylic acids is 1. The Morgan fingerprint density at radius 2 is 2.23 bits per heavy atom. The van der Waals surface area contributed by atoms with Crippen molar-refractivity contribution in [2.24, 2.45) is 0 Å². The Bertz CT molecular complexity index is 663. The van der Waals surface area contributed by atoms with Crippen molar-refractivity contribution < 1.29 is 17.9 Å². The van der Waals surface area contributed by atoms with Gasteiger partial charge in [0.05, 0.1) is 17.7 Å². The van der Waals surface area contributed by atoms with Crippen molar-refractivity contribution in [2.75, 3.05) is 26.7 Å². The fourth-order valence-electron chi connectivity index (χ4n) is 2.29. The maximum absolute atomic E-state index is 12.6. The standard InChI is InChI=1S/C14H19ClN2O4S/c1-3-11-9-17(6-7-21-11)14(18)10-4-5-12(15)13(8-10)22(19,20)16-2/h4-5,8,11,16H,3,6-7,9H2,1-2H3/t11-/m1/s1. The number of hydrogen-bond donors (Lipinski definition) is 1. The molecular formula is C14H19ClN2O4S. The molecule has 0 spiro atoms. The molecule has 1 fully saturated rings. The van der Waals surface area contributed by atoms with Gasteiger partial charge in [0.25, 0.3) is 5.91 Å². The summed E-state index contributed by atoms with van der Waals surface area (Å²) in [5, 5.41) is 0.0827. The minimum absolute atomic E-state index is 0.0190. The van der Waals surface area contributed by atoms with Crippen LogP contribution in [0.3, 0.4) is 0 Å². The lowest BCUT2D eigenvalue weighted by molar-refractivity contribution is -0.0226. The van der Waals surface area contributed by atoms with Crippen LogP contribution >= 0.6 is 11.6 Å². The van der Waals surface area contributed by atoms with Crippen molar-refractivity contribution in [3.05, 3.63) is 28.8 Å².